The third-order valence-electron chi connectivity index (χ3n) is 4.54. The number of ether oxygens (including phenoxy) is 3. The predicted molar refractivity (Wildman–Crippen MR) is 122 cm³/mol. The summed E-state index contributed by atoms with van der Waals surface area (Å²) < 4.78 is 17.4. The highest BCUT2D eigenvalue weighted by Gasteiger charge is 2.07. The highest BCUT2D eigenvalue weighted by Crippen LogP contribution is 2.28. The first-order chi connectivity index (χ1) is 15.0. The maximum atomic E-state index is 6.01. The van der Waals surface area contributed by atoms with E-state index in [0.29, 0.717) is 37.1 Å². The standard InChI is InChI=1S/C24H33N3O4/c1-6-7-13-29-21-16-18(2)24(19(3)17-21)31-15-10-8-9-14-30-23-12-11-22(25-26-23)20(4)27-28-5/h6-7,11-12,16-17H,8-10,13-15H2,1-5H3/b7-6+,27-20+. The van der Waals surface area contributed by atoms with Gasteiger partial charge in [0, 0.05) is 6.07 Å². The van der Waals surface area contributed by atoms with E-state index in [1.807, 2.05) is 58.0 Å². The van der Waals surface area contributed by atoms with Crippen molar-refractivity contribution < 1.29 is 19.0 Å². The summed E-state index contributed by atoms with van der Waals surface area (Å²) in [6, 6.07) is 7.65. The van der Waals surface area contributed by atoms with Crippen molar-refractivity contribution in [2.75, 3.05) is 26.9 Å². The largest absolute Gasteiger partial charge is 0.493 e. The molecule has 0 spiro atoms. The number of benzene rings is 1. The van der Waals surface area contributed by atoms with Gasteiger partial charge in [0.25, 0.3) is 0 Å². The van der Waals surface area contributed by atoms with E-state index in [4.69, 9.17) is 19.0 Å². The molecule has 0 saturated carbocycles. The van der Waals surface area contributed by atoms with Gasteiger partial charge in [0.2, 0.25) is 5.88 Å². The van der Waals surface area contributed by atoms with Crippen LogP contribution in [0.25, 0.3) is 0 Å². The number of rotatable bonds is 13. The van der Waals surface area contributed by atoms with E-state index in [9.17, 15) is 0 Å². The van der Waals surface area contributed by atoms with Crippen LogP contribution in [0.2, 0.25) is 0 Å². The zero-order chi connectivity index (χ0) is 22.5. The number of hydrogen-bond acceptors (Lipinski definition) is 7. The molecule has 2 aromatic rings. The van der Waals surface area contributed by atoms with Gasteiger partial charge in [0.05, 0.1) is 13.2 Å². The van der Waals surface area contributed by atoms with E-state index in [-0.39, 0.29) is 0 Å². The third-order valence-corrected chi connectivity index (χ3v) is 4.54. The van der Waals surface area contributed by atoms with Crippen molar-refractivity contribution in [3.05, 3.63) is 53.2 Å². The van der Waals surface area contributed by atoms with Crippen LogP contribution in [0.5, 0.6) is 17.4 Å². The summed E-state index contributed by atoms with van der Waals surface area (Å²) in [7, 11) is 1.50. The SMILES string of the molecule is C/C=C/COc1cc(C)c(OCCCCCOc2ccc(/C(C)=N/OC)nn2)c(C)c1. The van der Waals surface area contributed by atoms with Gasteiger partial charge in [-0.15, -0.1) is 10.2 Å². The van der Waals surface area contributed by atoms with Crippen LogP contribution in [0.15, 0.2) is 41.6 Å². The molecule has 31 heavy (non-hydrogen) atoms. The lowest BCUT2D eigenvalue weighted by atomic mass is 10.1. The molecule has 7 heteroatoms. The minimum atomic E-state index is 0.508. The molecular formula is C24H33N3O4. The highest BCUT2D eigenvalue weighted by atomic mass is 16.6. The number of oxime groups is 1. The van der Waals surface area contributed by atoms with E-state index in [1.165, 1.54) is 7.11 Å². The molecule has 0 radical (unpaired) electrons. The fraction of sp³-hybridized carbons (Fsp3) is 0.458. The second kappa shape index (κ2) is 13.3. The van der Waals surface area contributed by atoms with Crippen LogP contribution < -0.4 is 14.2 Å². The maximum absolute atomic E-state index is 6.01. The first kappa shape index (κ1) is 24.2. The zero-order valence-electron chi connectivity index (χ0n) is 19.2. The van der Waals surface area contributed by atoms with Crippen LogP contribution in [0.1, 0.15) is 49.9 Å². The highest BCUT2D eigenvalue weighted by molar-refractivity contribution is 5.96. The number of nitrogens with zero attached hydrogens (tertiary/aromatic N) is 3. The van der Waals surface area contributed by atoms with Gasteiger partial charge in [0.1, 0.15) is 36.6 Å². The Morgan fingerprint density at radius 1 is 0.968 bits per heavy atom. The summed E-state index contributed by atoms with van der Waals surface area (Å²) in [5, 5.41) is 12.0. The lowest BCUT2D eigenvalue weighted by molar-refractivity contribution is 0.213. The van der Waals surface area contributed by atoms with Crippen LogP contribution in [0.3, 0.4) is 0 Å². The Hall–Kier alpha value is -3.09. The second-order valence-corrected chi connectivity index (χ2v) is 7.14. The van der Waals surface area contributed by atoms with Gasteiger partial charge in [-0.05, 0) is 76.3 Å². The van der Waals surface area contributed by atoms with Crippen LogP contribution in [0.4, 0.5) is 0 Å². The summed E-state index contributed by atoms with van der Waals surface area (Å²) in [4.78, 5) is 4.74. The van der Waals surface area contributed by atoms with Crippen LogP contribution in [-0.4, -0.2) is 42.8 Å². The third kappa shape index (κ3) is 8.28. The molecule has 2 rings (SSSR count). The molecule has 0 N–H and O–H groups in total. The Bertz CT molecular complexity index is 841. The number of aryl methyl sites for hydroxylation is 2. The summed E-state index contributed by atoms with van der Waals surface area (Å²) >= 11 is 0. The fourth-order valence-corrected chi connectivity index (χ4v) is 2.97. The number of hydrogen-bond donors (Lipinski definition) is 0. The summed E-state index contributed by atoms with van der Waals surface area (Å²) in [5.74, 6) is 2.32. The smallest absolute Gasteiger partial charge is 0.233 e. The van der Waals surface area contributed by atoms with Gasteiger partial charge in [-0.25, -0.2) is 0 Å². The molecule has 0 atom stereocenters. The van der Waals surface area contributed by atoms with Crippen molar-refractivity contribution in [1.82, 2.24) is 10.2 Å². The van der Waals surface area contributed by atoms with Gasteiger partial charge >= 0.3 is 0 Å². The Morgan fingerprint density at radius 2 is 1.68 bits per heavy atom. The first-order valence-corrected chi connectivity index (χ1v) is 10.6. The predicted octanol–water partition coefficient (Wildman–Crippen LogP) is 5.05. The summed E-state index contributed by atoms with van der Waals surface area (Å²) in [5.41, 5.74) is 3.51. The molecule has 168 valence electrons. The van der Waals surface area contributed by atoms with Gasteiger partial charge in [-0.2, -0.15) is 0 Å². The molecule has 0 unspecified atom stereocenters. The number of unbranched alkanes of at least 4 members (excludes halogenated alkanes) is 2. The monoisotopic (exact) mass is 427 g/mol. The molecule has 1 aromatic heterocycles. The molecule has 0 saturated heterocycles. The second-order valence-electron chi connectivity index (χ2n) is 7.14. The minimum Gasteiger partial charge on any atom is -0.493 e. The van der Waals surface area contributed by atoms with Gasteiger partial charge in [-0.1, -0.05) is 17.3 Å². The van der Waals surface area contributed by atoms with Gasteiger partial charge < -0.3 is 19.0 Å². The molecule has 7 nitrogen and oxygen atoms in total. The molecule has 0 fully saturated rings. The minimum absolute atomic E-state index is 0.508. The molecule has 1 heterocycles. The average Bonchev–Trinajstić information content (AvgIpc) is 2.75. The van der Waals surface area contributed by atoms with Crippen LogP contribution in [0, 0.1) is 13.8 Å². The normalized spacial score (nSPS) is 11.6. The average molecular weight is 428 g/mol. The Balaban J connectivity index is 1.67. The quantitative estimate of drug-likeness (QED) is 0.193. The van der Waals surface area contributed by atoms with Crippen molar-refractivity contribution in [1.29, 1.82) is 0 Å². The lowest BCUT2D eigenvalue weighted by Gasteiger charge is -2.14. The van der Waals surface area contributed by atoms with Crippen molar-refractivity contribution in [2.45, 2.75) is 47.0 Å². The van der Waals surface area contributed by atoms with E-state index < -0.39 is 0 Å². The molecule has 0 aliphatic rings. The molecular weight excluding hydrogens is 394 g/mol. The van der Waals surface area contributed by atoms with E-state index >= 15 is 0 Å². The zero-order valence-corrected chi connectivity index (χ0v) is 19.2. The van der Waals surface area contributed by atoms with Crippen LogP contribution in [-0.2, 0) is 4.84 Å². The molecule has 0 bridgehead atoms. The first-order valence-electron chi connectivity index (χ1n) is 10.6. The van der Waals surface area contributed by atoms with Crippen molar-refractivity contribution >= 4 is 5.71 Å². The Labute approximate surface area is 185 Å². The summed E-state index contributed by atoms with van der Waals surface area (Å²) in [6.45, 7) is 9.74. The van der Waals surface area contributed by atoms with E-state index in [2.05, 4.69) is 15.4 Å². The maximum Gasteiger partial charge on any atom is 0.233 e. The van der Waals surface area contributed by atoms with Crippen molar-refractivity contribution in [2.24, 2.45) is 5.16 Å². The molecule has 0 aliphatic heterocycles. The number of aromatic nitrogens is 2. The Kier molecular flexibility index (Phi) is 10.3. The molecule has 0 amide bonds. The Morgan fingerprint density at radius 3 is 2.29 bits per heavy atom. The molecule has 1 aromatic carbocycles. The number of allylic oxidation sites excluding steroid dienone is 1. The van der Waals surface area contributed by atoms with Crippen molar-refractivity contribution in [3.8, 4) is 17.4 Å². The topological polar surface area (TPSA) is 75.1 Å². The van der Waals surface area contributed by atoms with Gasteiger partial charge in [0.15, 0.2) is 0 Å². The van der Waals surface area contributed by atoms with Crippen LogP contribution >= 0.6 is 0 Å². The van der Waals surface area contributed by atoms with E-state index in [0.717, 1.165) is 41.9 Å². The lowest BCUT2D eigenvalue weighted by Crippen LogP contribution is -2.05. The van der Waals surface area contributed by atoms with Crippen molar-refractivity contribution in [3.63, 3.8) is 0 Å². The molecule has 0 aliphatic carbocycles. The van der Waals surface area contributed by atoms with E-state index in [1.54, 1.807) is 6.07 Å². The summed E-state index contributed by atoms with van der Waals surface area (Å²) in [6.07, 6.45) is 6.85. The van der Waals surface area contributed by atoms with Gasteiger partial charge in [-0.3, -0.25) is 0 Å². The fourth-order valence-electron chi connectivity index (χ4n) is 2.97.